The monoisotopic (exact) mass is 698 g/mol. The van der Waals surface area contributed by atoms with E-state index in [1.807, 2.05) is 18.3 Å². The molecule has 9 aromatic carbocycles. The Hall–Kier alpha value is -7.29. The fourth-order valence-electron chi connectivity index (χ4n) is 8.87. The van der Waals surface area contributed by atoms with Crippen LogP contribution < -0.4 is 4.90 Å². The van der Waals surface area contributed by atoms with Crippen LogP contribution in [0.5, 0.6) is 0 Å². The molecule has 1 aliphatic rings. The second-order valence-electron chi connectivity index (χ2n) is 14.3. The lowest BCUT2D eigenvalue weighted by atomic mass is 9.82. The second kappa shape index (κ2) is 12.7. The first kappa shape index (κ1) is 31.3. The van der Waals surface area contributed by atoms with Crippen molar-refractivity contribution >= 4 is 49.5 Å². The van der Waals surface area contributed by atoms with Crippen LogP contribution in [0.25, 0.3) is 88.0 Å². The summed E-state index contributed by atoms with van der Waals surface area (Å²) in [6.07, 6.45) is 1.86. The number of nitrogens with zero attached hydrogens (tertiary/aromatic N) is 2. The highest BCUT2D eigenvalue weighted by Crippen LogP contribution is 2.58. The first-order valence-electron chi connectivity index (χ1n) is 18.9. The standard InChI is InChI=1S/C53H34N2/c1-3-15-37(16-4-1)49-44-20-9-10-21-45(44)50(38-17-5-2-6-18-38)53-47-32-31-42(43-22-13-23-46(51(43)47)52(49)53)36-26-28-40(29-27-36)55(48-24-11-12-33-54-48)41-30-25-35-14-7-8-19-39(35)34-41/h1-34H. The summed E-state index contributed by atoms with van der Waals surface area (Å²) in [5.74, 6) is 0.879. The molecule has 0 aliphatic heterocycles. The van der Waals surface area contributed by atoms with Crippen molar-refractivity contribution in [1.29, 1.82) is 0 Å². The Kier molecular flexibility index (Phi) is 7.21. The SMILES string of the molecule is c1ccc(-c2c3c(c(-c4ccccc4)c4ccccc24)-c2ccc(-c4ccc(N(c5ccc6ccccc6c5)c5ccccn5)cc4)c4cccc-3c24)cc1. The molecule has 2 nitrogen and oxygen atoms in total. The number of hydrogen-bond donors (Lipinski definition) is 0. The van der Waals surface area contributed by atoms with Gasteiger partial charge >= 0.3 is 0 Å². The molecule has 0 atom stereocenters. The lowest BCUT2D eigenvalue weighted by molar-refractivity contribution is 1.18. The number of benzene rings is 9. The van der Waals surface area contributed by atoms with Gasteiger partial charge in [-0.1, -0.05) is 164 Å². The van der Waals surface area contributed by atoms with E-state index in [2.05, 4.69) is 193 Å². The van der Waals surface area contributed by atoms with Gasteiger partial charge in [0.25, 0.3) is 0 Å². The Labute approximate surface area is 320 Å². The number of pyridine rings is 1. The van der Waals surface area contributed by atoms with Gasteiger partial charge in [0.2, 0.25) is 0 Å². The fraction of sp³-hybridized carbons (Fsp3) is 0. The van der Waals surface area contributed by atoms with Crippen LogP contribution in [0, 0.1) is 0 Å². The highest BCUT2D eigenvalue weighted by atomic mass is 15.2. The van der Waals surface area contributed by atoms with Crippen LogP contribution in [0.2, 0.25) is 0 Å². The van der Waals surface area contributed by atoms with Crippen molar-refractivity contribution in [1.82, 2.24) is 4.98 Å². The molecular formula is C53H34N2. The zero-order valence-electron chi connectivity index (χ0n) is 30.0. The molecular weight excluding hydrogens is 665 g/mol. The fourth-order valence-corrected chi connectivity index (χ4v) is 8.87. The summed E-state index contributed by atoms with van der Waals surface area (Å²) in [5.41, 5.74) is 14.8. The largest absolute Gasteiger partial charge is 0.295 e. The molecule has 1 aliphatic carbocycles. The molecule has 0 saturated carbocycles. The Balaban J connectivity index is 1.10. The van der Waals surface area contributed by atoms with Crippen LogP contribution in [0.4, 0.5) is 17.2 Å². The molecule has 1 aromatic heterocycles. The summed E-state index contributed by atoms with van der Waals surface area (Å²) in [4.78, 5) is 7.02. The predicted octanol–water partition coefficient (Wildman–Crippen LogP) is 14.7. The first-order valence-corrected chi connectivity index (χ1v) is 18.9. The summed E-state index contributed by atoms with van der Waals surface area (Å²) in [6.45, 7) is 0. The molecule has 0 bridgehead atoms. The van der Waals surface area contributed by atoms with Crippen LogP contribution >= 0.6 is 0 Å². The Morgan fingerprint density at radius 1 is 0.327 bits per heavy atom. The zero-order chi connectivity index (χ0) is 36.3. The van der Waals surface area contributed by atoms with Crippen molar-refractivity contribution < 1.29 is 0 Å². The average Bonchev–Trinajstić information content (AvgIpc) is 3.59. The van der Waals surface area contributed by atoms with Crippen molar-refractivity contribution in [3.63, 3.8) is 0 Å². The van der Waals surface area contributed by atoms with Crippen LogP contribution in [0.1, 0.15) is 0 Å². The van der Waals surface area contributed by atoms with E-state index in [1.165, 1.54) is 88.0 Å². The molecule has 2 heteroatoms. The van der Waals surface area contributed by atoms with Crippen molar-refractivity contribution in [3.8, 4) is 55.6 Å². The van der Waals surface area contributed by atoms with E-state index in [4.69, 9.17) is 4.98 Å². The normalized spacial score (nSPS) is 11.6. The number of fused-ring (bicyclic) bond motifs is 5. The van der Waals surface area contributed by atoms with E-state index < -0.39 is 0 Å². The van der Waals surface area contributed by atoms with Gasteiger partial charge in [0, 0.05) is 17.6 Å². The number of hydrogen-bond acceptors (Lipinski definition) is 2. The Bertz CT molecular complexity index is 2970. The third kappa shape index (κ3) is 5.00. The van der Waals surface area contributed by atoms with Crippen molar-refractivity contribution in [2.45, 2.75) is 0 Å². The molecule has 55 heavy (non-hydrogen) atoms. The minimum absolute atomic E-state index is 0.879. The van der Waals surface area contributed by atoms with Gasteiger partial charge in [-0.2, -0.15) is 0 Å². The minimum Gasteiger partial charge on any atom is -0.295 e. The lowest BCUT2D eigenvalue weighted by Crippen LogP contribution is -2.11. The number of anilines is 3. The van der Waals surface area contributed by atoms with Gasteiger partial charge in [-0.25, -0.2) is 4.98 Å². The van der Waals surface area contributed by atoms with Crippen molar-refractivity contribution in [3.05, 3.63) is 206 Å². The van der Waals surface area contributed by atoms with Crippen LogP contribution in [-0.4, -0.2) is 4.98 Å². The van der Waals surface area contributed by atoms with E-state index in [9.17, 15) is 0 Å². The molecule has 10 aromatic rings. The van der Waals surface area contributed by atoms with E-state index >= 15 is 0 Å². The molecule has 1 heterocycles. The molecule has 256 valence electrons. The van der Waals surface area contributed by atoms with Gasteiger partial charge in [-0.15, -0.1) is 0 Å². The molecule has 0 radical (unpaired) electrons. The maximum Gasteiger partial charge on any atom is 0.137 e. The van der Waals surface area contributed by atoms with Crippen LogP contribution in [0.15, 0.2) is 206 Å². The summed E-state index contributed by atoms with van der Waals surface area (Å²) in [5, 5.41) is 7.54. The van der Waals surface area contributed by atoms with E-state index in [1.54, 1.807) is 0 Å². The number of rotatable bonds is 6. The van der Waals surface area contributed by atoms with Gasteiger partial charge in [-0.3, -0.25) is 4.90 Å². The van der Waals surface area contributed by atoms with E-state index in [0.29, 0.717) is 0 Å². The Morgan fingerprint density at radius 3 is 1.56 bits per heavy atom. The van der Waals surface area contributed by atoms with Gasteiger partial charge in [0.05, 0.1) is 0 Å². The van der Waals surface area contributed by atoms with Crippen molar-refractivity contribution in [2.75, 3.05) is 4.90 Å². The average molecular weight is 699 g/mol. The predicted molar refractivity (Wildman–Crippen MR) is 232 cm³/mol. The summed E-state index contributed by atoms with van der Waals surface area (Å²) in [6, 6.07) is 72.5. The second-order valence-corrected chi connectivity index (χ2v) is 14.3. The van der Waals surface area contributed by atoms with Crippen LogP contribution in [0.3, 0.4) is 0 Å². The quantitative estimate of drug-likeness (QED) is 0.172. The highest BCUT2D eigenvalue weighted by Gasteiger charge is 2.31. The van der Waals surface area contributed by atoms with Crippen molar-refractivity contribution in [2.24, 2.45) is 0 Å². The third-order valence-electron chi connectivity index (χ3n) is 11.2. The highest BCUT2D eigenvalue weighted by molar-refractivity contribution is 6.28. The molecule has 0 unspecified atom stereocenters. The van der Waals surface area contributed by atoms with Crippen LogP contribution in [-0.2, 0) is 0 Å². The topological polar surface area (TPSA) is 16.1 Å². The smallest absolute Gasteiger partial charge is 0.137 e. The number of aromatic nitrogens is 1. The minimum atomic E-state index is 0.879. The summed E-state index contributed by atoms with van der Waals surface area (Å²) < 4.78 is 0. The third-order valence-corrected chi connectivity index (χ3v) is 11.2. The summed E-state index contributed by atoms with van der Waals surface area (Å²) in [7, 11) is 0. The molecule has 0 N–H and O–H groups in total. The molecule has 0 saturated heterocycles. The first-order chi connectivity index (χ1) is 27.3. The maximum absolute atomic E-state index is 4.78. The molecule has 0 spiro atoms. The van der Waals surface area contributed by atoms with Gasteiger partial charge < -0.3 is 0 Å². The maximum atomic E-state index is 4.78. The van der Waals surface area contributed by atoms with Gasteiger partial charge in [-0.05, 0) is 124 Å². The summed E-state index contributed by atoms with van der Waals surface area (Å²) >= 11 is 0. The van der Waals surface area contributed by atoms with E-state index in [-0.39, 0.29) is 0 Å². The molecule has 11 rings (SSSR count). The lowest BCUT2D eigenvalue weighted by Gasteiger charge is -2.25. The molecule has 0 fully saturated rings. The Morgan fingerprint density at radius 2 is 0.891 bits per heavy atom. The van der Waals surface area contributed by atoms with Gasteiger partial charge in [0.15, 0.2) is 0 Å². The zero-order valence-corrected chi connectivity index (χ0v) is 30.0. The van der Waals surface area contributed by atoms with E-state index in [0.717, 1.165) is 17.2 Å². The van der Waals surface area contributed by atoms with Gasteiger partial charge in [0.1, 0.15) is 5.82 Å². The molecule has 0 amide bonds.